The lowest BCUT2D eigenvalue weighted by Gasteiger charge is -2.34. The van der Waals surface area contributed by atoms with Crippen LogP contribution in [0.5, 0.6) is 0 Å². The second kappa shape index (κ2) is 8.99. The summed E-state index contributed by atoms with van der Waals surface area (Å²) in [6.45, 7) is 13.0. The van der Waals surface area contributed by atoms with Crippen LogP contribution in [0.25, 0.3) is 0 Å². The van der Waals surface area contributed by atoms with Crippen LogP contribution >= 0.6 is 7.59 Å². The predicted molar refractivity (Wildman–Crippen MR) is 99.8 cm³/mol. The minimum absolute atomic E-state index is 0.502. The first kappa shape index (κ1) is 19.4. The highest BCUT2D eigenvalue weighted by Gasteiger charge is 2.57. The molecule has 0 spiro atoms. The molecule has 136 valence electrons. The van der Waals surface area contributed by atoms with Crippen LogP contribution in [0.4, 0.5) is 0 Å². The van der Waals surface area contributed by atoms with Gasteiger partial charge in [-0.15, -0.1) is 0 Å². The van der Waals surface area contributed by atoms with Crippen LogP contribution in [0, 0.1) is 0 Å². The summed E-state index contributed by atoms with van der Waals surface area (Å²) in [5, 5.41) is 0. The van der Waals surface area contributed by atoms with Crippen LogP contribution in [-0.4, -0.2) is 52.3 Å². The molecule has 4 nitrogen and oxygen atoms in total. The minimum atomic E-state index is -2.46. The normalized spacial score (nSPS) is 32.0. The average molecular weight is 343 g/mol. The summed E-state index contributed by atoms with van der Waals surface area (Å²) >= 11 is 0. The zero-order valence-electron chi connectivity index (χ0n) is 15.8. The van der Waals surface area contributed by atoms with Crippen LogP contribution in [-0.2, 0) is 4.57 Å². The Hall–Kier alpha value is 0.110. The van der Waals surface area contributed by atoms with Gasteiger partial charge in [-0.1, -0.05) is 52.4 Å². The fraction of sp³-hybridized carbons (Fsp3) is 1.00. The molecule has 0 N–H and O–H groups in total. The fourth-order valence-corrected chi connectivity index (χ4v) is 7.13. The average Bonchev–Trinajstić information content (AvgIpc) is 3.43. The third kappa shape index (κ3) is 5.04. The van der Waals surface area contributed by atoms with Crippen molar-refractivity contribution >= 4 is 7.59 Å². The monoisotopic (exact) mass is 343 g/mol. The lowest BCUT2D eigenvalue weighted by molar-refractivity contribution is 0.341. The second-order valence-electron chi connectivity index (χ2n) is 7.53. The van der Waals surface area contributed by atoms with Crippen molar-refractivity contribution in [3.63, 3.8) is 0 Å². The molecule has 0 aromatic carbocycles. The molecule has 0 bridgehead atoms. The molecule has 0 amide bonds. The summed E-state index contributed by atoms with van der Waals surface area (Å²) in [6, 6.07) is 1.00. The topological polar surface area (TPSA) is 26.3 Å². The maximum atomic E-state index is 14.0. The fourth-order valence-electron chi connectivity index (χ4n) is 3.46. The quantitative estimate of drug-likeness (QED) is 0.268. The highest BCUT2D eigenvalue weighted by Crippen LogP contribution is 2.66. The number of nitrogens with zero attached hydrogens (tertiary/aromatic N) is 3. The molecule has 0 saturated carbocycles. The van der Waals surface area contributed by atoms with E-state index < -0.39 is 7.59 Å². The van der Waals surface area contributed by atoms with Gasteiger partial charge in [0, 0.05) is 38.3 Å². The Kier molecular flexibility index (Phi) is 7.59. The highest BCUT2D eigenvalue weighted by molar-refractivity contribution is 7.57. The third-order valence-corrected chi connectivity index (χ3v) is 8.82. The summed E-state index contributed by atoms with van der Waals surface area (Å²) < 4.78 is 20.9. The number of hydrogen-bond acceptors (Lipinski definition) is 1. The molecular formula is C18H38N3OP. The minimum Gasteiger partial charge on any atom is -0.270 e. The van der Waals surface area contributed by atoms with Crippen LogP contribution in [0.15, 0.2) is 0 Å². The smallest absolute Gasteiger partial charge is 0.270 e. The number of rotatable bonds is 13. The van der Waals surface area contributed by atoms with E-state index in [1.165, 1.54) is 51.4 Å². The molecule has 2 rings (SSSR count). The van der Waals surface area contributed by atoms with E-state index in [-0.39, 0.29) is 0 Å². The summed E-state index contributed by atoms with van der Waals surface area (Å²) in [6.07, 6.45) is 10.1. The molecular weight excluding hydrogens is 305 g/mol. The molecule has 2 unspecified atom stereocenters. The van der Waals surface area contributed by atoms with E-state index in [2.05, 4.69) is 41.7 Å². The lowest BCUT2D eigenvalue weighted by Crippen LogP contribution is -2.30. The highest BCUT2D eigenvalue weighted by atomic mass is 31.2. The lowest BCUT2D eigenvalue weighted by atomic mass is 10.2. The van der Waals surface area contributed by atoms with Crippen LogP contribution in [0.3, 0.4) is 0 Å². The van der Waals surface area contributed by atoms with Gasteiger partial charge in [-0.05, 0) is 26.7 Å². The Morgan fingerprint density at radius 1 is 0.826 bits per heavy atom. The summed E-state index contributed by atoms with van der Waals surface area (Å²) in [5.74, 6) is 0. The summed E-state index contributed by atoms with van der Waals surface area (Å²) in [7, 11) is -2.46. The SMILES string of the molecule is CCCCCCN(CCCCCC)P(=O)(N1C[C@H]1C)N1C[C@H]1C. The van der Waals surface area contributed by atoms with Gasteiger partial charge in [0.1, 0.15) is 0 Å². The van der Waals surface area contributed by atoms with Gasteiger partial charge < -0.3 is 0 Å². The molecule has 2 aliphatic heterocycles. The largest absolute Gasteiger partial charge is 0.287 e. The van der Waals surface area contributed by atoms with E-state index >= 15 is 0 Å². The van der Waals surface area contributed by atoms with E-state index in [4.69, 9.17) is 0 Å². The number of unbranched alkanes of at least 4 members (excludes halogenated alkanes) is 6. The summed E-state index contributed by atoms with van der Waals surface area (Å²) in [5.41, 5.74) is 0. The maximum Gasteiger partial charge on any atom is 0.287 e. The Morgan fingerprint density at radius 2 is 1.22 bits per heavy atom. The molecule has 0 aromatic heterocycles. The van der Waals surface area contributed by atoms with E-state index in [0.717, 1.165) is 26.2 Å². The van der Waals surface area contributed by atoms with Gasteiger partial charge in [0.15, 0.2) is 0 Å². The molecule has 23 heavy (non-hydrogen) atoms. The Bertz CT molecular complexity index is 372. The Labute approximate surface area is 144 Å². The first-order valence-electron chi connectivity index (χ1n) is 9.95. The zero-order chi connectivity index (χ0) is 16.9. The van der Waals surface area contributed by atoms with Gasteiger partial charge in [-0.25, -0.2) is 14.0 Å². The van der Waals surface area contributed by atoms with Crippen molar-refractivity contribution in [2.24, 2.45) is 0 Å². The van der Waals surface area contributed by atoms with Crippen molar-refractivity contribution in [3.05, 3.63) is 0 Å². The molecule has 2 saturated heterocycles. The zero-order valence-corrected chi connectivity index (χ0v) is 16.7. The number of hydrogen-bond donors (Lipinski definition) is 0. The van der Waals surface area contributed by atoms with Crippen molar-refractivity contribution < 1.29 is 4.57 Å². The van der Waals surface area contributed by atoms with E-state index in [9.17, 15) is 4.57 Å². The Balaban J connectivity index is 1.98. The van der Waals surface area contributed by atoms with Crippen LogP contribution < -0.4 is 0 Å². The molecule has 0 aliphatic carbocycles. The molecule has 0 radical (unpaired) electrons. The van der Waals surface area contributed by atoms with Crippen molar-refractivity contribution in [1.82, 2.24) is 14.0 Å². The predicted octanol–water partition coefficient (Wildman–Crippen LogP) is 4.97. The molecule has 2 aliphatic rings. The molecule has 0 aromatic rings. The maximum absolute atomic E-state index is 14.0. The van der Waals surface area contributed by atoms with Gasteiger partial charge in [0.2, 0.25) is 0 Å². The standard InChI is InChI=1S/C18H38N3OP/c1-5-7-9-11-13-19(14-12-10-8-6-2)23(22,20-15-17(20)3)21-16-18(21)4/h17-18H,5-16H2,1-4H3/t17-,18-,20?,21?,23?/m1/s1. The van der Waals surface area contributed by atoms with Crippen LogP contribution in [0.2, 0.25) is 0 Å². The van der Waals surface area contributed by atoms with E-state index in [0.29, 0.717) is 12.1 Å². The molecule has 2 heterocycles. The van der Waals surface area contributed by atoms with Gasteiger partial charge in [-0.3, -0.25) is 4.57 Å². The van der Waals surface area contributed by atoms with Crippen LogP contribution in [0.1, 0.15) is 79.1 Å². The van der Waals surface area contributed by atoms with Crippen molar-refractivity contribution in [2.45, 2.75) is 91.1 Å². The summed E-state index contributed by atoms with van der Waals surface area (Å²) in [4.78, 5) is 0. The Morgan fingerprint density at radius 3 is 1.52 bits per heavy atom. The van der Waals surface area contributed by atoms with Gasteiger partial charge in [0.25, 0.3) is 7.59 Å². The van der Waals surface area contributed by atoms with Gasteiger partial charge in [-0.2, -0.15) is 0 Å². The van der Waals surface area contributed by atoms with Gasteiger partial charge in [0.05, 0.1) is 0 Å². The first-order chi connectivity index (χ1) is 11.1. The molecule has 5 heteroatoms. The van der Waals surface area contributed by atoms with Crippen molar-refractivity contribution in [2.75, 3.05) is 26.2 Å². The third-order valence-electron chi connectivity index (χ3n) is 5.23. The first-order valence-corrected chi connectivity index (χ1v) is 11.5. The van der Waals surface area contributed by atoms with E-state index in [1.807, 2.05) is 0 Å². The van der Waals surface area contributed by atoms with E-state index in [1.54, 1.807) is 0 Å². The van der Waals surface area contributed by atoms with Crippen molar-refractivity contribution in [1.29, 1.82) is 0 Å². The van der Waals surface area contributed by atoms with Gasteiger partial charge >= 0.3 is 0 Å². The van der Waals surface area contributed by atoms with Crippen molar-refractivity contribution in [3.8, 4) is 0 Å². The second-order valence-corrected chi connectivity index (χ2v) is 10.2. The molecule has 2 fully saturated rings. The molecule has 4 atom stereocenters.